The van der Waals surface area contributed by atoms with Crippen LogP contribution < -0.4 is 5.32 Å². The number of aryl methyl sites for hydroxylation is 1. The van der Waals surface area contributed by atoms with Crippen LogP contribution in [0.3, 0.4) is 0 Å². The molecule has 1 aliphatic heterocycles. The average molecular weight is 509 g/mol. The van der Waals surface area contributed by atoms with Gasteiger partial charge in [-0.3, -0.25) is 9.59 Å². The number of carbonyl (C=O) groups excluding carboxylic acids is 2. The van der Waals surface area contributed by atoms with E-state index in [1.54, 1.807) is 0 Å². The molecule has 1 aromatic carbocycles. The maximum absolute atomic E-state index is 13.7. The van der Waals surface area contributed by atoms with Crippen LogP contribution in [0.2, 0.25) is 0 Å². The molecule has 0 spiro atoms. The van der Waals surface area contributed by atoms with Crippen molar-refractivity contribution in [3.05, 3.63) is 59.4 Å². The predicted octanol–water partition coefficient (Wildman–Crippen LogP) is 3.95. The summed E-state index contributed by atoms with van der Waals surface area (Å²) in [5.74, 6) is -0.0264. The van der Waals surface area contributed by atoms with Crippen molar-refractivity contribution < 1.29 is 23.6 Å². The maximum atomic E-state index is 13.7. The monoisotopic (exact) mass is 508 g/mol. The lowest BCUT2D eigenvalue weighted by atomic mass is 9.88. The fourth-order valence-corrected chi connectivity index (χ4v) is 4.67. The van der Waals surface area contributed by atoms with Gasteiger partial charge in [0.15, 0.2) is 12.2 Å². The van der Waals surface area contributed by atoms with Gasteiger partial charge in [0.2, 0.25) is 11.8 Å². The first kappa shape index (κ1) is 26.6. The highest BCUT2D eigenvalue weighted by Gasteiger charge is 2.43. The van der Waals surface area contributed by atoms with Crippen LogP contribution in [0, 0.1) is 12.8 Å². The van der Waals surface area contributed by atoms with Crippen LogP contribution in [0.4, 0.5) is 0 Å². The summed E-state index contributed by atoms with van der Waals surface area (Å²) in [6.45, 7) is 12.2. The van der Waals surface area contributed by atoms with Crippen LogP contribution in [-0.4, -0.2) is 50.7 Å². The Hall–Kier alpha value is -3.46. The Labute approximate surface area is 217 Å². The van der Waals surface area contributed by atoms with E-state index in [1.165, 1.54) is 11.3 Å². The molecule has 2 amide bonds. The number of oxazole rings is 1. The zero-order valence-electron chi connectivity index (χ0n) is 22.3. The summed E-state index contributed by atoms with van der Waals surface area (Å²) < 4.78 is 11.0. The fraction of sp³-hybridized carbons (Fsp3) is 0.500. The number of aliphatic hydroxyl groups is 1. The van der Waals surface area contributed by atoms with Gasteiger partial charge in [-0.25, -0.2) is 4.98 Å². The Morgan fingerprint density at radius 3 is 2.49 bits per heavy atom. The zero-order valence-corrected chi connectivity index (χ0v) is 22.3. The minimum Gasteiger partial charge on any atom is -0.443 e. The summed E-state index contributed by atoms with van der Waals surface area (Å²) >= 11 is 0. The molecule has 1 aliphatic rings. The number of aliphatic hydroxyl groups excluding tert-OH is 1. The van der Waals surface area contributed by atoms with Crippen molar-refractivity contribution in [3.63, 3.8) is 0 Å². The van der Waals surface area contributed by atoms with E-state index in [0.29, 0.717) is 18.1 Å². The number of carbonyl (C=O) groups is 2. The molecular weight excluding hydrogens is 472 g/mol. The van der Waals surface area contributed by atoms with Crippen molar-refractivity contribution in [2.75, 3.05) is 6.54 Å². The number of hydrogen-bond acceptors (Lipinski definition) is 7. The summed E-state index contributed by atoms with van der Waals surface area (Å²) in [5.41, 5.74) is 3.17. The van der Waals surface area contributed by atoms with Crippen molar-refractivity contribution in [3.8, 4) is 11.3 Å². The molecule has 2 N–H and O–H groups in total. The second-order valence-electron chi connectivity index (χ2n) is 11.2. The first-order valence-electron chi connectivity index (χ1n) is 12.7. The van der Waals surface area contributed by atoms with E-state index >= 15 is 0 Å². The van der Waals surface area contributed by atoms with E-state index in [1.807, 2.05) is 71.9 Å². The van der Waals surface area contributed by atoms with E-state index in [-0.39, 0.29) is 36.1 Å². The van der Waals surface area contributed by atoms with Crippen molar-refractivity contribution >= 4 is 11.8 Å². The number of aromatic nitrogens is 2. The van der Waals surface area contributed by atoms with Crippen molar-refractivity contribution in [2.45, 2.75) is 78.0 Å². The van der Waals surface area contributed by atoms with E-state index in [0.717, 1.165) is 22.5 Å². The lowest BCUT2D eigenvalue weighted by Gasteiger charge is -2.28. The largest absolute Gasteiger partial charge is 0.443 e. The lowest BCUT2D eigenvalue weighted by Crippen LogP contribution is -2.48. The van der Waals surface area contributed by atoms with Gasteiger partial charge in [-0.2, -0.15) is 0 Å². The summed E-state index contributed by atoms with van der Waals surface area (Å²) in [5, 5.41) is 17.5. The Morgan fingerprint density at radius 1 is 1.22 bits per heavy atom. The van der Waals surface area contributed by atoms with E-state index in [9.17, 15) is 14.7 Å². The van der Waals surface area contributed by atoms with Gasteiger partial charge in [0.25, 0.3) is 0 Å². The molecule has 3 unspecified atom stereocenters. The normalized spacial score (nSPS) is 18.9. The van der Waals surface area contributed by atoms with E-state index in [2.05, 4.69) is 15.5 Å². The molecule has 37 heavy (non-hydrogen) atoms. The summed E-state index contributed by atoms with van der Waals surface area (Å²) in [4.78, 5) is 32.5. The number of nitrogens with one attached hydrogen (secondary N) is 1. The third-order valence-corrected chi connectivity index (χ3v) is 6.83. The first-order valence-corrected chi connectivity index (χ1v) is 12.7. The molecule has 3 aromatic rings. The minimum atomic E-state index is -0.767. The van der Waals surface area contributed by atoms with Crippen molar-refractivity contribution in [1.29, 1.82) is 0 Å². The number of benzene rings is 1. The molecule has 0 saturated carbocycles. The molecular formula is C28H36N4O5. The van der Waals surface area contributed by atoms with Crippen LogP contribution in [0.1, 0.15) is 69.7 Å². The fourth-order valence-electron chi connectivity index (χ4n) is 4.67. The highest BCUT2D eigenvalue weighted by molar-refractivity contribution is 5.91. The molecule has 3 atom stereocenters. The number of amides is 2. The second kappa shape index (κ2) is 10.5. The van der Waals surface area contributed by atoms with E-state index in [4.69, 9.17) is 8.94 Å². The number of nitrogens with zero attached hydrogens (tertiary/aromatic N) is 3. The van der Waals surface area contributed by atoms with Gasteiger partial charge in [0.05, 0.1) is 17.5 Å². The molecule has 9 heteroatoms. The van der Waals surface area contributed by atoms with Crippen LogP contribution >= 0.6 is 0 Å². The molecule has 0 radical (unpaired) electrons. The Balaban J connectivity index is 1.45. The second-order valence-corrected chi connectivity index (χ2v) is 11.2. The topological polar surface area (TPSA) is 122 Å². The van der Waals surface area contributed by atoms with Gasteiger partial charge >= 0.3 is 0 Å². The van der Waals surface area contributed by atoms with Gasteiger partial charge in [0.1, 0.15) is 17.7 Å². The van der Waals surface area contributed by atoms with Crippen LogP contribution in [-0.2, 0) is 21.5 Å². The lowest BCUT2D eigenvalue weighted by molar-refractivity contribution is -0.141. The molecule has 1 saturated heterocycles. The highest BCUT2D eigenvalue weighted by Crippen LogP contribution is 2.33. The van der Waals surface area contributed by atoms with Crippen molar-refractivity contribution in [2.24, 2.45) is 5.92 Å². The molecule has 1 fully saturated rings. The van der Waals surface area contributed by atoms with Gasteiger partial charge in [0, 0.05) is 36.6 Å². The van der Waals surface area contributed by atoms with Crippen LogP contribution in [0.25, 0.3) is 11.3 Å². The molecule has 0 aliphatic carbocycles. The van der Waals surface area contributed by atoms with Gasteiger partial charge < -0.3 is 24.3 Å². The number of likely N-dealkylation sites (tertiary alicyclic amines) is 1. The molecule has 198 valence electrons. The van der Waals surface area contributed by atoms with Crippen molar-refractivity contribution in [1.82, 2.24) is 20.4 Å². The maximum Gasteiger partial charge on any atom is 0.243 e. The first-order chi connectivity index (χ1) is 17.5. The van der Waals surface area contributed by atoms with E-state index < -0.39 is 18.1 Å². The van der Waals surface area contributed by atoms with Crippen LogP contribution in [0.15, 0.2) is 45.7 Å². The Kier molecular flexibility index (Phi) is 7.54. The van der Waals surface area contributed by atoms with Gasteiger partial charge in [-0.15, -0.1) is 0 Å². The minimum absolute atomic E-state index is 0.0822. The average Bonchev–Trinajstić information content (AvgIpc) is 3.57. The van der Waals surface area contributed by atoms with Gasteiger partial charge in [-0.05, 0) is 18.4 Å². The van der Waals surface area contributed by atoms with Crippen LogP contribution in [0.5, 0.6) is 0 Å². The zero-order chi connectivity index (χ0) is 26.9. The third-order valence-electron chi connectivity index (χ3n) is 6.83. The summed E-state index contributed by atoms with van der Waals surface area (Å²) in [6.07, 6.45) is 0.838. The Morgan fingerprint density at radius 2 is 1.92 bits per heavy atom. The molecule has 0 bridgehead atoms. The molecule has 4 rings (SSSR count). The predicted molar refractivity (Wildman–Crippen MR) is 137 cm³/mol. The Bertz CT molecular complexity index is 1240. The number of rotatable bonds is 7. The molecule has 2 aromatic heterocycles. The number of β-amino-alcohol motifs (C(OH)–C–C–N with tert-alkyl or cyclic N) is 1. The SMILES string of the molecule is Cc1ncoc1-c1ccc(CNC(=O)C2CC(O)CN2C(=O)C(c2cc(C(C)(C)C)no2)C(C)C)cc1. The third kappa shape index (κ3) is 5.77. The number of hydrogen-bond donors (Lipinski definition) is 2. The quantitative estimate of drug-likeness (QED) is 0.495. The standard InChI is InChI=1S/C28H36N4O5/c1-16(2)24(22-12-23(31-37-22)28(4,5)6)27(35)32-14-20(33)11-21(32)26(34)29-13-18-7-9-19(10-8-18)25-17(3)30-15-36-25/h7-10,12,15-16,20-21,24,33H,11,13-14H2,1-6H3,(H,29,34). The summed E-state index contributed by atoms with van der Waals surface area (Å²) in [7, 11) is 0. The molecule has 9 nitrogen and oxygen atoms in total. The highest BCUT2D eigenvalue weighted by atomic mass is 16.5. The smallest absolute Gasteiger partial charge is 0.243 e. The summed E-state index contributed by atoms with van der Waals surface area (Å²) in [6, 6.07) is 8.73. The van der Waals surface area contributed by atoms with Gasteiger partial charge in [-0.1, -0.05) is 64.0 Å². The molecule has 3 heterocycles.